The van der Waals surface area contributed by atoms with Crippen LogP contribution in [0, 0.1) is 0 Å². The van der Waals surface area contributed by atoms with Crippen molar-refractivity contribution in [2.24, 2.45) is 4.99 Å². The number of hydrogen-bond acceptors (Lipinski definition) is 1. The molecule has 0 aliphatic heterocycles. The summed E-state index contributed by atoms with van der Waals surface area (Å²) in [6, 6.07) is 15.4. The maximum atomic E-state index is 5.79. The van der Waals surface area contributed by atoms with Gasteiger partial charge in [-0.3, -0.25) is 4.99 Å². The van der Waals surface area contributed by atoms with Gasteiger partial charge in [-0.1, -0.05) is 39.7 Å². The van der Waals surface area contributed by atoms with E-state index < -0.39 is 0 Å². The average Bonchev–Trinajstić information content (AvgIpc) is 2.28. The van der Waals surface area contributed by atoms with Crippen molar-refractivity contribution < 1.29 is 0 Å². The zero-order valence-corrected chi connectivity index (χ0v) is 10.7. The predicted octanol–water partition coefficient (Wildman–Crippen LogP) is 4.85. The maximum Gasteiger partial charge on any atom is 0.0630 e. The predicted molar refractivity (Wildman–Crippen MR) is 72.8 cm³/mol. The van der Waals surface area contributed by atoms with Crippen LogP contribution >= 0.6 is 27.5 Å². The molecule has 0 atom stereocenters. The molecule has 0 saturated heterocycles. The number of rotatable bonds is 2. The van der Waals surface area contributed by atoms with Crippen LogP contribution < -0.4 is 0 Å². The zero-order chi connectivity index (χ0) is 11.4. The second kappa shape index (κ2) is 5.28. The molecule has 2 rings (SSSR count). The van der Waals surface area contributed by atoms with Crippen molar-refractivity contribution in [1.82, 2.24) is 0 Å². The molecule has 0 spiro atoms. The molecule has 0 aliphatic rings. The first-order valence-electron chi connectivity index (χ1n) is 4.79. The SMILES string of the molecule is Clc1ccc(N=Cc2cccc(Br)c2)cc1. The molecule has 0 radical (unpaired) electrons. The molecule has 80 valence electrons. The molecule has 0 N–H and O–H groups in total. The van der Waals surface area contributed by atoms with Gasteiger partial charge in [0.25, 0.3) is 0 Å². The minimum Gasteiger partial charge on any atom is -0.256 e. The summed E-state index contributed by atoms with van der Waals surface area (Å²) >= 11 is 9.21. The van der Waals surface area contributed by atoms with Crippen molar-refractivity contribution in [3.05, 3.63) is 63.6 Å². The fourth-order valence-electron chi connectivity index (χ4n) is 1.26. The lowest BCUT2D eigenvalue weighted by atomic mass is 10.2. The Morgan fingerprint density at radius 1 is 1.06 bits per heavy atom. The van der Waals surface area contributed by atoms with Crippen LogP contribution in [0.25, 0.3) is 0 Å². The second-order valence-corrected chi connectivity index (χ2v) is 4.64. The van der Waals surface area contributed by atoms with Crippen molar-refractivity contribution in [2.45, 2.75) is 0 Å². The van der Waals surface area contributed by atoms with E-state index >= 15 is 0 Å². The van der Waals surface area contributed by atoms with Crippen LogP contribution in [0.1, 0.15) is 5.56 Å². The summed E-state index contributed by atoms with van der Waals surface area (Å²) in [4.78, 5) is 4.35. The highest BCUT2D eigenvalue weighted by Crippen LogP contribution is 2.16. The monoisotopic (exact) mass is 293 g/mol. The van der Waals surface area contributed by atoms with E-state index in [4.69, 9.17) is 11.6 Å². The van der Waals surface area contributed by atoms with E-state index in [9.17, 15) is 0 Å². The van der Waals surface area contributed by atoms with Crippen LogP contribution in [-0.2, 0) is 0 Å². The standard InChI is InChI=1S/C13H9BrClN/c14-11-3-1-2-10(8-11)9-16-13-6-4-12(15)5-7-13/h1-9H. The van der Waals surface area contributed by atoms with Gasteiger partial charge < -0.3 is 0 Å². The van der Waals surface area contributed by atoms with Crippen LogP contribution in [0.3, 0.4) is 0 Å². The van der Waals surface area contributed by atoms with Gasteiger partial charge in [-0.15, -0.1) is 0 Å². The molecule has 1 nitrogen and oxygen atoms in total. The number of halogens is 2. The molecule has 0 saturated carbocycles. The minimum absolute atomic E-state index is 0.724. The van der Waals surface area contributed by atoms with Gasteiger partial charge in [-0.25, -0.2) is 0 Å². The lowest BCUT2D eigenvalue weighted by Gasteiger charge is -1.95. The summed E-state index contributed by atoms with van der Waals surface area (Å²) in [7, 11) is 0. The Morgan fingerprint density at radius 2 is 1.81 bits per heavy atom. The third kappa shape index (κ3) is 3.19. The molecule has 0 amide bonds. The van der Waals surface area contributed by atoms with Gasteiger partial charge in [0, 0.05) is 15.7 Å². The van der Waals surface area contributed by atoms with E-state index in [0.29, 0.717) is 0 Å². The van der Waals surface area contributed by atoms with Gasteiger partial charge in [-0.2, -0.15) is 0 Å². The van der Waals surface area contributed by atoms with Crippen molar-refractivity contribution in [3.63, 3.8) is 0 Å². The molecular weight excluding hydrogens is 286 g/mol. The molecule has 0 aliphatic carbocycles. The van der Waals surface area contributed by atoms with Crippen molar-refractivity contribution >= 4 is 39.4 Å². The highest BCUT2D eigenvalue weighted by atomic mass is 79.9. The molecule has 0 bridgehead atoms. The Morgan fingerprint density at radius 3 is 2.50 bits per heavy atom. The summed E-state index contributed by atoms with van der Waals surface area (Å²) in [5.74, 6) is 0. The number of nitrogens with zero attached hydrogens (tertiary/aromatic N) is 1. The van der Waals surface area contributed by atoms with Gasteiger partial charge in [0.2, 0.25) is 0 Å². The molecule has 3 heteroatoms. The minimum atomic E-state index is 0.724. The van der Waals surface area contributed by atoms with Gasteiger partial charge in [0.15, 0.2) is 0 Å². The quantitative estimate of drug-likeness (QED) is 0.702. The van der Waals surface area contributed by atoms with Gasteiger partial charge in [0.1, 0.15) is 0 Å². The van der Waals surface area contributed by atoms with E-state index in [1.165, 1.54) is 0 Å². The van der Waals surface area contributed by atoms with Crippen LogP contribution in [-0.4, -0.2) is 6.21 Å². The molecule has 16 heavy (non-hydrogen) atoms. The van der Waals surface area contributed by atoms with Gasteiger partial charge >= 0.3 is 0 Å². The topological polar surface area (TPSA) is 12.4 Å². The van der Waals surface area contributed by atoms with Crippen molar-refractivity contribution in [3.8, 4) is 0 Å². The van der Waals surface area contributed by atoms with E-state index in [1.54, 1.807) is 0 Å². The van der Waals surface area contributed by atoms with Crippen LogP contribution in [0.5, 0.6) is 0 Å². The first kappa shape index (κ1) is 11.4. The highest BCUT2D eigenvalue weighted by Gasteiger charge is 1.91. The molecule has 0 aromatic heterocycles. The Labute approximate surface area is 108 Å². The van der Waals surface area contributed by atoms with E-state index in [0.717, 1.165) is 20.7 Å². The van der Waals surface area contributed by atoms with E-state index in [1.807, 2.05) is 54.7 Å². The molecule has 2 aromatic carbocycles. The van der Waals surface area contributed by atoms with Crippen LogP contribution in [0.4, 0.5) is 5.69 Å². The fourth-order valence-corrected chi connectivity index (χ4v) is 1.81. The normalized spacial score (nSPS) is 10.9. The lowest BCUT2D eigenvalue weighted by Crippen LogP contribution is -1.79. The summed E-state index contributed by atoms with van der Waals surface area (Å²) < 4.78 is 1.05. The van der Waals surface area contributed by atoms with E-state index in [2.05, 4.69) is 20.9 Å². The first-order chi connectivity index (χ1) is 7.74. The van der Waals surface area contributed by atoms with E-state index in [-0.39, 0.29) is 0 Å². The van der Waals surface area contributed by atoms with Crippen molar-refractivity contribution in [2.75, 3.05) is 0 Å². The largest absolute Gasteiger partial charge is 0.256 e. The highest BCUT2D eigenvalue weighted by molar-refractivity contribution is 9.10. The maximum absolute atomic E-state index is 5.79. The molecule has 0 fully saturated rings. The Bertz CT molecular complexity index is 506. The van der Waals surface area contributed by atoms with Crippen LogP contribution in [0.2, 0.25) is 5.02 Å². The summed E-state index contributed by atoms with van der Waals surface area (Å²) in [5.41, 5.74) is 1.95. The third-order valence-electron chi connectivity index (χ3n) is 2.04. The molecule has 0 unspecified atom stereocenters. The first-order valence-corrected chi connectivity index (χ1v) is 5.96. The number of benzene rings is 2. The van der Waals surface area contributed by atoms with Crippen molar-refractivity contribution in [1.29, 1.82) is 0 Å². The van der Waals surface area contributed by atoms with Gasteiger partial charge in [0.05, 0.1) is 5.69 Å². The second-order valence-electron chi connectivity index (χ2n) is 3.29. The summed E-state index contributed by atoms with van der Waals surface area (Å²) in [5, 5.41) is 0.724. The zero-order valence-electron chi connectivity index (χ0n) is 8.40. The summed E-state index contributed by atoms with van der Waals surface area (Å²) in [6.45, 7) is 0. The Balaban J connectivity index is 2.18. The lowest BCUT2D eigenvalue weighted by molar-refractivity contribution is 1.52. The third-order valence-corrected chi connectivity index (χ3v) is 2.78. The average molecular weight is 295 g/mol. The van der Waals surface area contributed by atoms with Crippen LogP contribution in [0.15, 0.2) is 58.0 Å². The molecular formula is C13H9BrClN. The van der Waals surface area contributed by atoms with Gasteiger partial charge in [-0.05, 0) is 42.0 Å². The number of hydrogen-bond donors (Lipinski definition) is 0. The smallest absolute Gasteiger partial charge is 0.0630 e. The molecule has 0 heterocycles. The summed E-state index contributed by atoms with van der Waals surface area (Å²) in [6.07, 6.45) is 1.83. The fraction of sp³-hybridized carbons (Fsp3) is 0. The number of aliphatic imine (C=N–C) groups is 1. The Hall–Kier alpha value is -1.12. The Kier molecular flexibility index (Phi) is 3.75. The molecule has 2 aromatic rings.